The third-order valence-electron chi connectivity index (χ3n) is 5.31. The lowest BCUT2D eigenvalue weighted by atomic mass is 10.1. The molecular weight excluding hydrogens is 388 g/mol. The maximum Gasteiger partial charge on any atom is 0.261 e. The molecule has 0 aromatic heterocycles. The first-order valence-electron chi connectivity index (χ1n) is 10.8. The predicted octanol–water partition coefficient (Wildman–Crippen LogP) is 4.47. The average molecular weight is 419 g/mol. The minimum absolute atomic E-state index is 0.129. The fraction of sp³-hybridized carbons (Fsp3) is 0.308. The van der Waals surface area contributed by atoms with Crippen molar-refractivity contribution in [3.05, 3.63) is 77.9 Å². The average Bonchev–Trinajstić information content (AvgIpc) is 2.78. The number of nitrogens with zero attached hydrogens (tertiary/aromatic N) is 1. The van der Waals surface area contributed by atoms with E-state index in [9.17, 15) is 9.59 Å². The second kappa shape index (κ2) is 10.6. The molecular formula is C26H30N2O3. The van der Waals surface area contributed by atoms with Crippen LogP contribution < -0.4 is 10.1 Å². The van der Waals surface area contributed by atoms with Gasteiger partial charge >= 0.3 is 0 Å². The number of rotatable bonds is 9. The van der Waals surface area contributed by atoms with Gasteiger partial charge < -0.3 is 15.0 Å². The van der Waals surface area contributed by atoms with E-state index in [1.807, 2.05) is 87.5 Å². The lowest BCUT2D eigenvalue weighted by Crippen LogP contribution is -2.50. The molecule has 0 spiro atoms. The highest BCUT2D eigenvalue weighted by Crippen LogP contribution is 2.25. The van der Waals surface area contributed by atoms with Crippen LogP contribution in [0.4, 0.5) is 0 Å². The van der Waals surface area contributed by atoms with Gasteiger partial charge in [-0.15, -0.1) is 0 Å². The second-order valence-electron chi connectivity index (χ2n) is 7.59. The van der Waals surface area contributed by atoms with Crippen molar-refractivity contribution in [2.24, 2.45) is 0 Å². The van der Waals surface area contributed by atoms with Gasteiger partial charge in [0.05, 0.1) is 0 Å². The maximum atomic E-state index is 13.3. The van der Waals surface area contributed by atoms with E-state index in [0.29, 0.717) is 25.3 Å². The molecule has 3 rings (SSSR count). The summed E-state index contributed by atoms with van der Waals surface area (Å²) in [6.07, 6.45) is 0.525. The van der Waals surface area contributed by atoms with Crippen LogP contribution in [0.25, 0.3) is 10.8 Å². The fourth-order valence-corrected chi connectivity index (χ4v) is 3.65. The van der Waals surface area contributed by atoms with Crippen molar-refractivity contribution in [3.63, 3.8) is 0 Å². The van der Waals surface area contributed by atoms with E-state index >= 15 is 0 Å². The zero-order valence-corrected chi connectivity index (χ0v) is 18.4. The number of ether oxygens (including phenoxy) is 1. The summed E-state index contributed by atoms with van der Waals surface area (Å²) >= 11 is 0. The highest BCUT2D eigenvalue weighted by molar-refractivity contribution is 5.90. The zero-order valence-electron chi connectivity index (χ0n) is 18.4. The molecule has 2 amide bonds. The van der Waals surface area contributed by atoms with E-state index in [2.05, 4.69) is 5.32 Å². The third kappa shape index (κ3) is 5.63. The summed E-state index contributed by atoms with van der Waals surface area (Å²) in [4.78, 5) is 27.5. The lowest BCUT2D eigenvalue weighted by Gasteiger charge is -2.30. The Morgan fingerprint density at radius 2 is 1.68 bits per heavy atom. The van der Waals surface area contributed by atoms with Crippen molar-refractivity contribution in [1.29, 1.82) is 0 Å². The summed E-state index contributed by atoms with van der Waals surface area (Å²) < 4.78 is 5.93. The lowest BCUT2D eigenvalue weighted by molar-refractivity contribution is -0.142. The van der Waals surface area contributed by atoms with Crippen molar-refractivity contribution in [1.82, 2.24) is 10.2 Å². The molecule has 162 valence electrons. The molecule has 0 heterocycles. The minimum atomic E-state index is -0.551. The van der Waals surface area contributed by atoms with E-state index in [1.54, 1.807) is 4.90 Å². The topological polar surface area (TPSA) is 58.6 Å². The highest BCUT2D eigenvalue weighted by Gasteiger charge is 2.28. The van der Waals surface area contributed by atoms with Crippen LogP contribution in [0.1, 0.15) is 31.4 Å². The molecule has 0 radical (unpaired) electrons. The quantitative estimate of drug-likeness (QED) is 0.558. The molecule has 3 aromatic rings. The SMILES string of the molecule is CCNC(=O)[C@H](CC)N(Cc1ccc(C)cc1)C(=O)COc1cccc2ccccc12. The normalized spacial score (nSPS) is 11.7. The maximum absolute atomic E-state index is 13.3. The molecule has 0 saturated heterocycles. The van der Waals surface area contributed by atoms with Crippen LogP contribution in [0.3, 0.4) is 0 Å². The van der Waals surface area contributed by atoms with E-state index in [1.165, 1.54) is 0 Å². The number of benzene rings is 3. The summed E-state index contributed by atoms with van der Waals surface area (Å²) in [6, 6.07) is 21.1. The Bertz CT molecular complexity index is 1030. The molecule has 0 fully saturated rings. The monoisotopic (exact) mass is 418 g/mol. The van der Waals surface area contributed by atoms with Gasteiger partial charge in [-0.05, 0) is 37.3 Å². The standard InChI is InChI=1S/C26H30N2O3/c1-4-23(26(30)27-5-2)28(17-20-15-13-19(3)14-16-20)25(29)18-31-24-12-8-10-21-9-6-7-11-22(21)24/h6-16,23H,4-5,17-18H2,1-3H3,(H,27,30)/t23-/m0/s1. The Hall–Kier alpha value is -3.34. The van der Waals surface area contributed by atoms with Crippen molar-refractivity contribution < 1.29 is 14.3 Å². The van der Waals surface area contributed by atoms with Gasteiger partial charge in [0, 0.05) is 18.5 Å². The summed E-state index contributed by atoms with van der Waals surface area (Å²) in [7, 11) is 0. The van der Waals surface area contributed by atoms with Crippen LogP contribution in [-0.2, 0) is 16.1 Å². The Kier molecular flexibility index (Phi) is 7.65. The third-order valence-corrected chi connectivity index (χ3v) is 5.31. The van der Waals surface area contributed by atoms with Crippen LogP contribution in [0, 0.1) is 6.92 Å². The smallest absolute Gasteiger partial charge is 0.261 e. The van der Waals surface area contributed by atoms with Crippen LogP contribution in [0.2, 0.25) is 0 Å². The molecule has 1 N–H and O–H groups in total. The number of nitrogens with one attached hydrogen (secondary N) is 1. The van der Waals surface area contributed by atoms with Crippen LogP contribution in [0.15, 0.2) is 66.7 Å². The van der Waals surface area contributed by atoms with Gasteiger partial charge in [-0.1, -0.05) is 73.2 Å². The summed E-state index contributed by atoms with van der Waals surface area (Å²) in [5, 5.41) is 4.86. The predicted molar refractivity (Wildman–Crippen MR) is 124 cm³/mol. The van der Waals surface area contributed by atoms with Crippen LogP contribution in [0.5, 0.6) is 5.75 Å². The Morgan fingerprint density at radius 1 is 0.968 bits per heavy atom. The van der Waals surface area contributed by atoms with Gasteiger partial charge in [0.2, 0.25) is 5.91 Å². The molecule has 0 aliphatic carbocycles. The number of fused-ring (bicyclic) bond motifs is 1. The van der Waals surface area contributed by atoms with Gasteiger partial charge in [-0.2, -0.15) is 0 Å². The number of carbonyl (C=O) groups excluding carboxylic acids is 2. The number of hydrogen-bond donors (Lipinski definition) is 1. The van der Waals surface area contributed by atoms with Gasteiger partial charge in [0.15, 0.2) is 6.61 Å². The molecule has 31 heavy (non-hydrogen) atoms. The molecule has 5 heteroatoms. The number of hydrogen-bond acceptors (Lipinski definition) is 3. The first-order valence-corrected chi connectivity index (χ1v) is 10.8. The molecule has 0 unspecified atom stereocenters. The largest absolute Gasteiger partial charge is 0.483 e. The number of likely N-dealkylation sites (N-methyl/N-ethyl adjacent to an activating group) is 1. The van der Waals surface area contributed by atoms with Gasteiger partial charge in [0.25, 0.3) is 5.91 Å². The minimum Gasteiger partial charge on any atom is -0.483 e. The van der Waals surface area contributed by atoms with E-state index in [-0.39, 0.29) is 18.4 Å². The highest BCUT2D eigenvalue weighted by atomic mass is 16.5. The van der Waals surface area contributed by atoms with Crippen LogP contribution in [-0.4, -0.2) is 35.9 Å². The zero-order chi connectivity index (χ0) is 22.2. The van der Waals surface area contributed by atoms with Gasteiger partial charge in [-0.25, -0.2) is 0 Å². The summed E-state index contributed by atoms with van der Waals surface area (Å²) in [6.45, 7) is 6.56. The Labute approximate surface area is 184 Å². The molecule has 0 aliphatic heterocycles. The number of amides is 2. The van der Waals surface area contributed by atoms with Gasteiger partial charge in [-0.3, -0.25) is 9.59 Å². The first-order chi connectivity index (χ1) is 15.0. The number of carbonyl (C=O) groups is 2. The molecule has 1 atom stereocenters. The molecule has 3 aromatic carbocycles. The Balaban J connectivity index is 1.81. The molecule has 5 nitrogen and oxygen atoms in total. The summed E-state index contributed by atoms with van der Waals surface area (Å²) in [5.41, 5.74) is 2.13. The van der Waals surface area contributed by atoms with Crippen molar-refractivity contribution >= 4 is 22.6 Å². The van der Waals surface area contributed by atoms with Gasteiger partial charge in [0.1, 0.15) is 11.8 Å². The van der Waals surface area contributed by atoms with Crippen LogP contribution >= 0.6 is 0 Å². The second-order valence-corrected chi connectivity index (χ2v) is 7.59. The van der Waals surface area contributed by atoms with Crippen molar-refractivity contribution in [2.75, 3.05) is 13.2 Å². The Morgan fingerprint density at radius 3 is 2.39 bits per heavy atom. The molecule has 0 aliphatic rings. The van der Waals surface area contributed by atoms with E-state index in [4.69, 9.17) is 4.74 Å². The van der Waals surface area contributed by atoms with Crippen molar-refractivity contribution in [3.8, 4) is 5.75 Å². The van der Waals surface area contributed by atoms with E-state index < -0.39 is 6.04 Å². The first kappa shape index (κ1) is 22.3. The molecule has 0 saturated carbocycles. The summed E-state index contributed by atoms with van der Waals surface area (Å²) in [5.74, 6) is 0.301. The van der Waals surface area contributed by atoms with Crippen molar-refractivity contribution in [2.45, 2.75) is 39.8 Å². The fourth-order valence-electron chi connectivity index (χ4n) is 3.65. The number of aryl methyl sites for hydroxylation is 1. The molecule has 0 bridgehead atoms. The van der Waals surface area contributed by atoms with E-state index in [0.717, 1.165) is 21.9 Å².